The Hall–Kier alpha value is 0.250. The average molecular weight is 107 g/mol. The molecule has 1 fully saturated rings. The zero-order valence-corrected chi connectivity index (χ0v) is 4.24. The van der Waals surface area contributed by atoms with Gasteiger partial charge >= 0.3 is 0 Å². The van der Waals surface area contributed by atoms with Crippen LogP contribution in [0.5, 0.6) is 0 Å². The van der Waals surface area contributed by atoms with E-state index in [2.05, 4.69) is 0 Å². The highest BCUT2D eigenvalue weighted by atomic mass is 35.5. The summed E-state index contributed by atoms with van der Waals surface area (Å²) in [6, 6.07) is 0. The molecule has 1 heterocycles. The van der Waals surface area contributed by atoms with Crippen molar-refractivity contribution in [1.82, 2.24) is 0 Å². The molecule has 0 radical (unpaired) electrons. The van der Waals surface area contributed by atoms with Gasteiger partial charge in [-0.1, -0.05) is 0 Å². The highest BCUT2D eigenvalue weighted by Crippen LogP contribution is 2.10. The minimum Gasteiger partial charge on any atom is -0.377 e. The van der Waals surface area contributed by atoms with Crippen molar-refractivity contribution in [3.8, 4) is 0 Å². The number of halogens is 1. The summed E-state index contributed by atoms with van der Waals surface area (Å²) in [6.45, 7) is 0.914. The van der Waals surface area contributed by atoms with E-state index in [0.717, 1.165) is 13.0 Å². The van der Waals surface area contributed by atoms with E-state index < -0.39 is 0 Å². The fourth-order valence-electron chi connectivity index (χ4n) is 0.406. The second-order valence-electron chi connectivity index (χ2n) is 1.44. The van der Waals surface area contributed by atoms with Crippen molar-refractivity contribution >= 4 is 11.6 Å². The maximum absolute atomic E-state index is 5.38. The third kappa shape index (κ3) is 0.660. The van der Waals surface area contributed by atoms with Crippen molar-refractivity contribution in [3.63, 3.8) is 0 Å². The van der Waals surface area contributed by atoms with E-state index in [0.29, 0.717) is 12.0 Å². The maximum Gasteiger partial charge on any atom is 0.0732 e. The lowest BCUT2D eigenvalue weighted by molar-refractivity contribution is -0.0351. The van der Waals surface area contributed by atoms with E-state index in [9.17, 15) is 0 Å². The van der Waals surface area contributed by atoms with E-state index in [1.165, 1.54) is 0 Å². The molecule has 0 aromatic rings. The van der Waals surface area contributed by atoms with Gasteiger partial charge < -0.3 is 4.74 Å². The molecule has 0 N–H and O–H groups in total. The van der Waals surface area contributed by atoms with E-state index in [1.54, 1.807) is 0 Å². The van der Waals surface area contributed by atoms with Crippen molar-refractivity contribution < 1.29 is 4.74 Å². The van der Waals surface area contributed by atoms with Crippen LogP contribution in [0.4, 0.5) is 0 Å². The Bertz CT molecular complexity index is 40.1. The number of alkyl halides is 1. The summed E-state index contributed by atoms with van der Waals surface area (Å²) in [5.74, 6) is 0.667. The summed E-state index contributed by atoms with van der Waals surface area (Å²) in [4.78, 5) is 0. The normalized spacial score (nSPS) is 32.5. The molecular weight excluding hydrogens is 99.5 g/mol. The maximum atomic E-state index is 5.38. The summed E-state index contributed by atoms with van der Waals surface area (Å²) in [5.41, 5.74) is 0. The molecule has 0 unspecified atom stereocenters. The lowest BCUT2D eigenvalue weighted by Gasteiger charge is -2.23. The van der Waals surface area contributed by atoms with Gasteiger partial charge in [-0.05, 0) is 6.42 Å². The molecule has 1 saturated heterocycles. The first-order chi connectivity index (χ1) is 2.93. The van der Waals surface area contributed by atoms with Gasteiger partial charge in [-0.2, -0.15) is 0 Å². The molecule has 0 aliphatic carbocycles. The Labute approximate surface area is 42.2 Å². The molecule has 1 nitrogen and oxygen atoms in total. The lowest BCUT2D eigenvalue weighted by atomic mass is 10.2. The standard InChI is InChI=1S/C4H7ClO/c5-3-4-1-2-6-4/h4H,1-3H2/t4-/m1/s1. The van der Waals surface area contributed by atoms with Gasteiger partial charge in [0, 0.05) is 12.5 Å². The van der Waals surface area contributed by atoms with Gasteiger partial charge in [0.15, 0.2) is 0 Å². The first-order valence-electron chi connectivity index (χ1n) is 2.11. The third-order valence-corrected chi connectivity index (χ3v) is 1.31. The molecule has 0 amide bonds. The van der Waals surface area contributed by atoms with Gasteiger partial charge in [-0.3, -0.25) is 0 Å². The van der Waals surface area contributed by atoms with Crippen molar-refractivity contribution in [2.75, 3.05) is 12.5 Å². The molecule has 0 aromatic carbocycles. The van der Waals surface area contributed by atoms with Gasteiger partial charge in [-0.25, -0.2) is 0 Å². The Kier molecular flexibility index (Phi) is 1.33. The highest BCUT2D eigenvalue weighted by molar-refractivity contribution is 6.18. The Morgan fingerprint density at radius 3 is 2.50 bits per heavy atom. The molecule has 36 valence electrons. The number of hydrogen-bond donors (Lipinski definition) is 0. The zero-order valence-electron chi connectivity index (χ0n) is 3.48. The van der Waals surface area contributed by atoms with Crippen molar-refractivity contribution in [2.45, 2.75) is 12.5 Å². The predicted molar refractivity (Wildman–Crippen MR) is 25.1 cm³/mol. The van der Waals surface area contributed by atoms with E-state index >= 15 is 0 Å². The quantitative estimate of drug-likeness (QED) is 0.454. The molecule has 0 bridgehead atoms. The average Bonchev–Trinajstić information content (AvgIpc) is 1.31. The molecule has 1 aliphatic rings. The molecule has 0 spiro atoms. The fraction of sp³-hybridized carbons (Fsp3) is 1.00. The van der Waals surface area contributed by atoms with Crippen molar-refractivity contribution in [3.05, 3.63) is 0 Å². The van der Waals surface area contributed by atoms with Gasteiger partial charge in [0.2, 0.25) is 0 Å². The fourth-order valence-corrected chi connectivity index (χ4v) is 0.650. The Morgan fingerprint density at radius 2 is 2.50 bits per heavy atom. The monoisotopic (exact) mass is 106 g/mol. The van der Waals surface area contributed by atoms with Gasteiger partial charge in [0.25, 0.3) is 0 Å². The molecule has 1 rings (SSSR count). The van der Waals surface area contributed by atoms with Crippen LogP contribution in [0.3, 0.4) is 0 Å². The first-order valence-corrected chi connectivity index (χ1v) is 2.64. The molecule has 6 heavy (non-hydrogen) atoms. The third-order valence-electron chi connectivity index (χ3n) is 0.965. The van der Waals surface area contributed by atoms with Crippen molar-refractivity contribution in [2.24, 2.45) is 0 Å². The predicted octanol–water partition coefficient (Wildman–Crippen LogP) is 1.01. The molecule has 2 heteroatoms. The summed E-state index contributed by atoms with van der Waals surface area (Å²) >= 11 is 5.38. The minimum absolute atomic E-state index is 0.381. The van der Waals surface area contributed by atoms with Crippen LogP contribution in [-0.4, -0.2) is 18.6 Å². The number of ether oxygens (including phenoxy) is 1. The molecular formula is C4H7ClO. The highest BCUT2D eigenvalue weighted by Gasteiger charge is 2.15. The summed E-state index contributed by atoms with van der Waals surface area (Å²) < 4.78 is 4.95. The van der Waals surface area contributed by atoms with E-state index in [1.807, 2.05) is 0 Å². The summed E-state index contributed by atoms with van der Waals surface area (Å²) in [7, 11) is 0. The van der Waals surface area contributed by atoms with Crippen LogP contribution in [0.15, 0.2) is 0 Å². The smallest absolute Gasteiger partial charge is 0.0732 e. The lowest BCUT2D eigenvalue weighted by Crippen LogP contribution is -2.27. The molecule has 0 aromatic heterocycles. The van der Waals surface area contributed by atoms with Crippen LogP contribution in [0, 0.1) is 0 Å². The largest absolute Gasteiger partial charge is 0.377 e. The van der Waals surface area contributed by atoms with Gasteiger partial charge in [-0.15, -0.1) is 11.6 Å². The van der Waals surface area contributed by atoms with Gasteiger partial charge in [0.05, 0.1) is 6.10 Å². The van der Waals surface area contributed by atoms with Gasteiger partial charge in [0.1, 0.15) is 0 Å². The van der Waals surface area contributed by atoms with Crippen LogP contribution >= 0.6 is 11.6 Å². The topological polar surface area (TPSA) is 9.23 Å². The zero-order chi connectivity index (χ0) is 4.41. The van der Waals surface area contributed by atoms with Crippen LogP contribution in [0.2, 0.25) is 0 Å². The Balaban J connectivity index is 2.01. The summed E-state index contributed by atoms with van der Waals surface area (Å²) in [5, 5.41) is 0. The van der Waals surface area contributed by atoms with Crippen LogP contribution in [-0.2, 0) is 4.74 Å². The number of hydrogen-bond acceptors (Lipinski definition) is 1. The van der Waals surface area contributed by atoms with Crippen molar-refractivity contribution in [1.29, 1.82) is 0 Å². The van der Waals surface area contributed by atoms with E-state index in [4.69, 9.17) is 16.3 Å². The van der Waals surface area contributed by atoms with Crippen LogP contribution in [0.25, 0.3) is 0 Å². The first kappa shape index (κ1) is 4.41. The number of rotatable bonds is 1. The minimum atomic E-state index is 0.381. The SMILES string of the molecule is ClC[C@H]1CCO1. The molecule has 0 saturated carbocycles. The van der Waals surface area contributed by atoms with Crippen LogP contribution < -0.4 is 0 Å². The Morgan fingerprint density at radius 1 is 1.83 bits per heavy atom. The second-order valence-corrected chi connectivity index (χ2v) is 1.74. The second kappa shape index (κ2) is 1.80. The molecule has 1 aliphatic heterocycles. The summed E-state index contributed by atoms with van der Waals surface area (Å²) in [6.07, 6.45) is 1.54. The van der Waals surface area contributed by atoms with E-state index in [-0.39, 0.29) is 0 Å². The van der Waals surface area contributed by atoms with Crippen LogP contribution in [0.1, 0.15) is 6.42 Å². The molecule has 1 atom stereocenters.